The van der Waals surface area contributed by atoms with Crippen LogP contribution in [0, 0.1) is 20.8 Å². The molecule has 0 N–H and O–H groups in total. The highest BCUT2D eigenvalue weighted by atomic mass is 32.2. The Balaban J connectivity index is 1.61. The number of benzene rings is 2. The number of carbonyl (C=O) groups excluding carboxylic acids is 1. The summed E-state index contributed by atoms with van der Waals surface area (Å²) in [6.07, 6.45) is 0. The number of carbonyl (C=O) groups is 1. The van der Waals surface area contributed by atoms with E-state index in [-0.39, 0.29) is 30.5 Å². The number of piperazine rings is 1. The van der Waals surface area contributed by atoms with Crippen LogP contribution in [0.1, 0.15) is 16.7 Å². The van der Waals surface area contributed by atoms with Crippen LogP contribution in [0.3, 0.4) is 0 Å². The molecule has 174 valence electrons. The molecule has 1 saturated heterocycles. The Kier molecular flexibility index (Phi) is 7.30. The molecule has 1 fully saturated rings. The quantitative estimate of drug-likeness (QED) is 0.629. The van der Waals surface area contributed by atoms with Gasteiger partial charge in [0, 0.05) is 32.2 Å². The van der Waals surface area contributed by atoms with Gasteiger partial charge in [-0.3, -0.25) is 4.79 Å². The summed E-state index contributed by atoms with van der Waals surface area (Å²) < 4.78 is 43.7. The van der Waals surface area contributed by atoms with Crippen LogP contribution in [-0.2, 0) is 14.8 Å². The van der Waals surface area contributed by atoms with E-state index in [0.717, 1.165) is 22.4 Å². The van der Waals surface area contributed by atoms with Crippen molar-refractivity contribution in [1.82, 2.24) is 9.21 Å². The molecule has 0 radical (unpaired) electrons. The lowest BCUT2D eigenvalue weighted by Crippen LogP contribution is -2.51. The first-order valence-electron chi connectivity index (χ1n) is 10.4. The second kappa shape index (κ2) is 9.79. The van der Waals surface area contributed by atoms with E-state index in [1.807, 2.05) is 32.9 Å². The second-order valence-corrected chi connectivity index (χ2v) is 9.76. The minimum Gasteiger partial charge on any atom is -0.493 e. The van der Waals surface area contributed by atoms with Crippen LogP contribution in [0.4, 0.5) is 0 Å². The highest BCUT2D eigenvalue weighted by Crippen LogP contribution is 2.31. The van der Waals surface area contributed by atoms with Crippen LogP contribution in [0.15, 0.2) is 35.2 Å². The van der Waals surface area contributed by atoms with Crippen molar-refractivity contribution in [2.75, 3.05) is 47.0 Å². The maximum Gasteiger partial charge on any atom is 0.260 e. The SMILES string of the molecule is COc1ccc(S(=O)(=O)N2CCN(C(=O)COc3c(C)cc(C)cc3C)CC2)cc1OC. The maximum atomic E-state index is 13.0. The Morgan fingerprint density at radius 3 is 2.06 bits per heavy atom. The molecule has 0 bridgehead atoms. The zero-order valence-corrected chi connectivity index (χ0v) is 20.0. The van der Waals surface area contributed by atoms with E-state index >= 15 is 0 Å². The van der Waals surface area contributed by atoms with E-state index in [2.05, 4.69) is 0 Å². The zero-order valence-electron chi connectivity index (χ0n) is 19.2. The Morgan fingerprint density at radius 2 is 1.50 bits per heavy atom. The number of nitrogens with zero attached hydrogens (tertiary/aromatic N) is 2. The van der Waals surface area contributed by atoms with Gasteiger partial charge in [0.25, 0.3) is 5.91 Å². The third-order valence-electron chi connectivity index (χ3n) is 5.53. The van der Waals surface area contributed by atoms with Crippen molar-refractivity contribution in [1.29, 1.82) is 0 Å². The molecule has 1 amide bonds. The van der Waals surface area contributed by atoms with Crippen LogP contribution in [0.25, 0.3) is 0 Å². The fraction of sp³-hybridized carbons (Fsp3) is 0.435. The number of rotatable bonds is 7. The maximum absolute atomic E-state index is 13.0. The number of amides is 1. The zero-order chi connectivity index (χ0) is 23.5. The molecule has 2 aromatic carbocycles. The van der Waals surface area contributed by atoms with E-state index in [1.165, 1.54) is 30.7 Å². The molecule has 32 heavy (non-hydrogen) atoms. The van der Waals surface area contributed by atoms with Crippen molar-refractivity contribution >= 4 is 15.9 Å². The first-order chi connectivity index (χ1) is 15.2. The van der Waals surface area contributed by atoms with E-state index in [0.29, 0.717) is 24.6 Å². The van der Waals surface area contributed by atoms with Gasteiger partial charge in [-0.15, -0.1) is 0 Å². The normalized spacial score (nSPS) is 14.8. The number of methoxy groups -OCH3 is 2. The van der Waals surface area contributed by atoms with Crippen LogP contribution >= 0.6 is 0 Å². The van der Waals surface area contributed by atoms with E-state index in [4.69, 9.17) is 14.2 Å². The van der Waals surface area contributed by atoms with Gasteiger partial charge >= 0.3 is 0 Å². The molecule has 0 unspecified atom stereocenters. The molecule has 0 aromatic heterocycles. The number of ether oxygens (including phenoxy) is 3. The first kappa shape index (κ1) is 23.9. The Morgan fingerprint density at radius 1 is 0.906 bits per heavy atom. The van der Waals surface area contributed by atoms with Gasteiger partial charge in [-0.05, 0) is 44.0 Å². The topological polar surface area (TPSA) is 85.4 Å². The molecular formula is C23H30N2O6S. The molecule has 0 saturated carbocycles. The summed E-state index contributed by atoms with van der Waals surface area (Å²) in [7, 11) is -0.759. The van der Waals surface area contributed by atoms with Crippen molar-refractivity contribution in [2.24, 2.45) is 0 Å². The summed E-state index contributed by atoms with van der Waals surface area (Å²) >= 11 is 0. The lowest BCUT2D eigenvalue weighted by atomic mass is 10.1. The smallest absolute Gasteiger partial charge is 0.260 e. The minimum atomic E-state index is -3.71. The van der Waals surface area contributed by atoms with Crippen LogP contribution < -0.4 is 14.2 Å². The average Bonchev–Trinajstić information content (AvgIpc) is 2.77. The Labute approximate surface area is 189 Å². The predicted octanol–water partition coefficient (Wildman–Crippen LogP) is 2.54. The number of sulfonamides is 1. The molecular weight excluding hydrogens is 432 g/mol. The van der Waals surface area contributed by atoms with Crippen LogP contribution in [0.2, 0.25) is 0 Å². The highest BCUT2D eigenvalue weighted by Gasteiger charge is 2.31. The molecule has 2 aromatic rings. The third kappa shape index (κ3) is 4.99. The second-order valence-electron chi connectivity index (χ2n) is 7.82. The number of aryl methyl sites for hydroxylation is 3. The number of hydrogen-bond donors (Lipinski definition) is 0. The summed E-state index contributed by atoms with van der Waals surface area (Å²) in [4.78, 5) is 14.4. The molecule has 1 heterocycles. The monoisotopic (exact) mass is 462 g/mol. The highest BCUT2D eigenvalue weighted by molar-refractivity contribution is 7.89. The predicted molar refractivity (Wildman–Crippen MR) is 121 cm³/mol. The minimum absolute atomic E-state index is 0.0762. The Hall–Kier alpha value is -2.78. The van der Waals surface area contributed by atoms with Gasteiger partial charge in [-0.25, -0.2) is 8.42 Å². The van der Waals surface area contributed by atoms with E-state index in [1.54, 1.807) is 11.0 Å². The van der Waals surface area contributed by atoms with Crippen molar-refractivity contribution in [3.63, 3.8) is 0 Å². The summed E-state index contributed by atoms with van der Waals surface area (Å²) in [6, 6.07) is 8.55. The summed E-state index contributed by atoms with van der Waals surface area (Å²) in [5.41, 5.74) is 3.12. The first-order valence-corrected chi connectivity index (χ1v) is 11.8. The van der Waals surface area contributed by atoms with Gasteiger partial charge < -0.3 is 19.1 Å². The lowest BCUT2D eigenvalue weighted by molar-refractivity contribution is -0.134. The number of hydrogen-bond acceptors (Lipinski definition) is 6. The summed E-state index contributed by atoms with van der Waals surface area (Å²) in [5, 5.41) is 0. The van der Waals surface area contributed by atoms with Gasteiger partial charge in [-0.1, -0.05) is 17.7 Å². The van der Waals surface area contributed by atoms with E-state index < -0.39 is 10.0 Å². The standard InChI is InChI=1S/C23H30N2O6S/c1-16-12-17(2)23(18(3)13-16)31-15-22(26)24-8-10-25(11-9-24)32(27,28)19-6-7-20(29-4)21(14-19)30-5/h6-7,12-14H,8-11,15H2,1-5H3. The van der Waals surface area contributed by atoms with Crippen molar-refractivity contribution in [2.45, 2.75) is 25.7 Å². The van der Waals surface area contributed by atoms with E-state index in [9.17, 15) is 13.2 Å². The summed E-state index contributed by atoms with van der Waals surface area (Å²) in [5.74, 6) is 1.37. The van der Waals surface area contributed by atoms with Crippen LogP contribution in [0.5, 0.6) is 17.2 Å². The van der Waals surface area contributed by atoms with Crippen LogP contribution in [-0.4, -0.2) is 70.5 Å². The molecule has 0 atom stereocenters. The largest absolute Gasteiger partial charge is 0.493 e. The molecule has 8 nitrogen and oxygen atoms in total. The third-order valence-corrected chi connectivity index (χ3v) is 7.42. The fourth-order valence-electron chi connectivity index (χ4n) is 3.92. The van der Waals surface area contributed by atoms with Gasteiger partial charge in [0.2, 0.25) is 10.0 Å². The van der Waals surface area contributed by atoms with Crippen molar-refractivity contribution in [3.8, 4) is 17.2 Å². The lowest BCUT2D eigenvalue weighted by Gasteiger charge is -2.34. The fourth-order valence-corrected chi connectivity index (χ4v) is 5.36. The molecule has 3 rings (SSSR count). The Bertz CT molecular complexity index is 1070. The molecule has 9 heteroatoms. The van der Waals surface area contributed by atoms with Gasteiger partial charge in [0.1, 0.15) is 5.75 Å². The molecule has 1 aliphatic heterocycles. The summed E-state index contributed by atoms with van der Waals surface area (Å²) in [6.45, 7) is 6.89. The molecule has 0 aliphatic carbocycles. The molecule has 1 aliphatic rings. The van der Waals surface area contributed by atoms with Crippen molar-refractivity contribution < 1.29 is 27.4 Å². The van der Waals surface area contributed by atoms with Gasteiger partial charge in [0.05, 0.1) is 19.1 Å². The van der Waals surface area contributed by atoms with Gasteiger partial charge in [-0.2, -0.15) is 4.31 Å². The van der Waals surface area contributed by atoms with Crippen molar-refractivity contribution in [3.05, 3.63) is 47.0 Å². The van der Waals surface area contributed by atoms with Gasteiger partial charge in [0.15, 0.2) is 18.1 Å². The molecule has 0 spiro atoms. The average molecular weight is 463 g/mol.